The summed E-state index contributed by atoms with van der Waals surface area (Å²) in [6.07, 6.45) is 0.320. The molecule has 0 aliphatic rings. The first-order chi connectivity index (χ1) is 16.0. The summed E-state index contributed by atoms with van der Waals surface area (Å²) in [4.78, 5) is 24.5. The molecule has 5 nitrogen and oxygen atoms in total. The van der Waals surface area contributed by atoms with E-state index in [2.05, 4.69) is 5.32 Å². The molecule has 0 radical (unpaired) electrons. The molecule has 0 bridgehead atoms. The van der Waals surface area contributed by atoms with E-state index in [1.54, 1.807) is 7.11 Å². The molecule has 1 atom stereocenters. The lowest BCUT2D eigenvalue weighted by atomic mass is 9.99. The Morgan fingerprint density at radius 1 is 0.879 bits per heavy atom. The van der Waals surface area contributed by atoms with Crippen LogP contribution in [-0.4, -0.2) is 30.1 Å². The molecule has 5 heteroatoms. The Morgan fingerprint density at radius 3 is 2.33 bits per heavy atom. The summed E-state index contributed by atoms with van der Waals surface area (Å²) in [7, 11) is 1.63. The van der Waals surface area contributed by atoms with Crippen LogP contribution in [0.1, 0.15) is 11.1 Å². The number of hydrogen-bond donors (Lipinski definition) is 2. The molecule has 4 aromatic carbocycles. The maximum atomic E-state index is 12.7. The third-order valence-electron chi connectivity index (χ3n) is 5.68. The number of carboxylic acids is 1. The second-order valence-corrected chi connectivity index (χ2v) is 7.87. The van der Waals surface area contributed by atoms with E-state index in [1.807, 2.05) is 91.0 Å². The molecule has 0 spiro atoms. The predicted octanol–water partition coefficient (Wildman–Crippen LogP) is 4.87. The van der Waals surface area contributed by atoms with Crippen molar-refractivity contribution in [1.82, 2.24) is 5.32 Å². The van der Waals surface area contributed by atoms with Gasteiger partial charge in [-0.3, -0.25) is 4.79 Å². The highest BCUT2D eigenvalue weighted by Gasteiger charge is 2.21. The molecular weight excluding hydrogens is 414 g/mol. The Kier molecular flexibility index (Phi) is 6.69. The number of para-hydroxylation sites is 1. The fourth-order valence-electron chi connectivity index (χ4n) is 4.00. The summed E-state index contributed by atoms with van der Waals surface area (Å²) in [6.45, 7) is 0. The Bertz CT molecular complexity index is 1280. The van der Waals surface area contributed by atoms with Gasteiger partial charge in [-0.25, -0.2) is 4.79 Å². The monoisotopic (exact) mass is 439 g/mol. The van der Waals surface area contributed by atoms with E-state index in [4.69, 9.17) is 4.74 Å². The summed E-state index contributed by atoms with van der Waals surface area (Å²) in [5.41, 5.74) is 3.63. The van der Waals surface area contributed by atoms with Gasteiger partial charge in [0.2, 0.25) is 5.91 Å². The van der Waals surface area contributed by atoms with Gasteiger partial charge in [0, 0.05) is 12.0 Å². The van der Waals surface area contributed by atoms with Crippen molar-refractivity contribution in [2.45, 2.75) is 18.9 Å². The molecule has 33 heavy (non-hydrogen) atoms. The minimum Gasteiger partial charge on any atom is -0.496 e. The van der Waals surface area contributed by atoms with Crippen molar-refractivity contribution in [3.8, 4) is 16.9 Å². The molecule has 0 heterocycles. The zero-order valence-corrected chi connectivity index (χ0v) is 18.3. The van der Waals surface area contributed by atoms with Gasteiger partial charge < -0.3 is 15.2 Å². The molecule has 0 aromatic heterocycles. The van der Waals surface area contributed by atoms with Crippen LogP contribution in [0.25, 0.3) is 21.9 Å². The first-order valence-corrected chi connectivity index (χ1v) is 10.8. The summed E-state index contributed by atoms with van der Waals surface area (Å²) in [6, 6.07) is 28.0. The van der Waals surface area contributed by atoms with Gasteiger partial charge in [-0.2, -0.15) is 0 Å². The van der Waals surface area contributed by atoms with Crippen LogP contribution in [0.5, 0.6) is 5.75 Å². The topological polar surface area (TPSA) is 75.6 Å². The number of methoxy groups -OCH3 is 1. The van der Waals surface area contributed by atoms with E-state index in [1.165, 1.54) is 0 Å². The van der Waals surface area contributed by atoms with E-state index < -0.39 is 12.0 Å². The maximum absolute atomic E-state index is 12.7. The lowest BCUT2D eigenvalue weighted by Crippen LogP contribution is -2.43. The van der Waals surface area contributed by atoms with Crippen LogP contribution in [0.3, 0.4) is 0 Å². The number of carbonyl (C=O) groups is 2. The number of carboxylic acid groups (broad SMARTS) is 1. The van der Waals surface area contributed by atoms with E-state index in [0.717, 1.165) is 38.8 Å². The first-order valence-electron chi connectivity index (χ1n) is 10.8. The summed E-state index contributed by atoms with van der Waals surface area (Å²) >= 11 is 0. The van der Waals surface area contributed by atoms with Crippen LogP contribution < -0.4 is 10.1 Å². The van der Waals surface area contributed by atoms with Gasteiger partial charge in [0.15, 0.2) is 0 Å². The highest BCUT2D eigenvalue weighted by molar-refractivity contribution is 5.91. The standard InChI is InChI=1S/C28H25NO4/c1-33-26-12-5-4-11-24(26)21-15-13-19(14-16-21)17-25(28(31)32)29-27(30)18-22-9-6-8-20-7-2-3-10-23(20)22/h2-16,25H,17-18H2,1H3,(H,29,30)(H,31,32)/t25-/m0/s1. The van der Waals surface area contributed by atoms with Gasteiger partial charge in [-0.1, -0.05) is 84.9 Å². The highest BCUT2D eigenvalue weighted by Crippen LogP contribution is 2.29. The fourth-order valence-corrected chi connectivity index (χ4v) is 4.00. The summed E-state index contributed by atoms with van der Waals surface area (Å²) in [5.74, 6) is -0.603. The van der Waals surface area contributed by atoms with Crippen LogP contribution in [0.4, 0.5) is 0 Å². The largest absolute Gasteiger partial charge is 0.496 e. The summed E-state index contributed by atoms with van der Waals surface area (Å²) in [5, 5.41) is 14.4. The number of benzene rings is 4. The predicted molar refractivity (Wildman–Crippen MR) is 129 cm³/mol. The molecule has 2 N–H and O–H groups in total. The molecule has 0 unspecified atom stereocenters. The highest BCUT2D eigenvalue weighted by atomic mass is 16.5. The van der Waals surface area contributed by atoms with Crippen molar-refractivity contribution in [3.63, 3.8) is 0 Å². The number of hydrogen-bond acceptors (Lipinski definition) is 3. The third kappa shape index (κ3) is 5.21. The molecule has 1 amide bonds. The zero-order chi connectivity index (χ0) is 23.2. The van der Waals surface area contributed by atoms with Crippen LogP contribution in [0.15, 0.2) is 91.0 Å². The second kappa shape index (κ2) is 10.0. The van der Waals surface area contributed by atoms with Crippen LogP contribution in [0, 0.1) is 0 Å². The number of carbonyl (C=O) groups excluding carboxylic acids is 1. The lowest BCUT2D eigenvalue weighted by Gasteiger charge is -2.16. The minimum absolute atomic E-state index is 0.123. The van der Waals surface area contributed by atoms with Crippen molar-refractivity contribution in [2.75, 3.05) is 7.11 Å². The van der Waals surface area contributed by atoms with Crippen molar-refractivity contribution in [3.05, 3.63) is 102 Å². The van der Waals surface area contributed by atoms with Crippen molar-refractivity contribution >= 4 is 22.6 Å². The Morgan fingerprint density at radius 2 is 1.58 bits per heavy atom. The fraction of sp³-hybridized carbons (Fsp3) is 0.143. The number of fused-ring (bicyclic) bond motifs is 1. The molecule has 0 aliphatic carbocycles. The van der Waals surface area contributed by atoms with Gasteiger partial charge in [-0.15, -0.1) is 0 Å². The number of ether oxygens (including phenoxy) is 1. The molecule has 0 saturated carbocycles. The normalized spacial score (nSPS) is 11.7. The van der Waals surface area contributed by atoms with Gasteiger partial charge in [0.05, 0.1) is 13.5 Å². The van der Waals surface area contributed by atoms with E-state index in [9.17, 15) is 14.7 Å². The zero-order valence-electron chi connectivity index (χ0n) is 18.3. The van der Waals surface area contributed by atoms with Crippen LogP contribution >= 0.6 is 0 Å². The summed E-state index contributed by atoms with van der Waals surface area (Å²) < 4.78 is 5.42. The minimum atomic E-state index is -1.06. The van der Waals surface area contributed by atoms with Gasteiger partial charge in [0.1, 0.15) is 11.8 Å². The molecule has 0 saturated heterocycles. The first kappa shape index (κ1) is 22.1. The van der Waals surface area contributed by atoms with Crippen LogP contribution in [-0.2, 0) is 22.4 Å². The third-order valence-corrected chi connectivity index (χ3v) is 5.68. The van der Waals surface area contributed by atoms with Gasteiger partial charge in [-0.05, 0) is 33.5 Å². The quantitative estimate of drug-likeness (QED) is 0.411. The maximum Gasteiger partial charge on any atom is 0.326 e. The number of amides is 1. The van der Waals surface area contributed by atoms with E-state index in [0.29, 0.717) is 0 Å². The molecule has 4 rings (SSSR count). The van der Waals surface area contributed by atoms with E-state index >= 15 is 0 Å². The number of aliphatic carboxylic acids is 1. The average Bonchev–Trinajstić information content (AvgIpc) is 2.84. The molecule has 0 fully saturated rings. The number of nitrogens with one attached hydrogen (secondary N) is 1. The second-order valence-electron chi connectivity index (χ2n) is 7.87. The Balaban J connectivity index is 1.45. The average molecular weight is 440 g/mol. The van der Waals surface area contributed by atoms with E-state index in [-0.39, 0.29) is 18.7 Å². The molecular formula is C28H25NO4. The van der Waals surface area contributed by atoms with Crippen molar-refractivity contribution < 1.29 is 19.4 Å². The van der Waals surface area contributed by atoms with Crippen molar-refractivity contribution in [2.24, 2.45) is 0 Å². The Hall–Kier alpha value is -4.12. The SMILES string of the molecule is COc1ccccc1-c1ccc(C[C@H](NC(=O)Cc2cccc3ccccc23)C(=O)O)cc1. The molecule has 166 valence electrons. The van der Waals surface area contributed by atoms with Crippen molar-refractivity contribution in [1.29, 1.82) is 0 Å². The van der Waals surface area contributed by atoms with Gasteiger partial charge in [0.25, 0.3) is 0 Å². The Labute approximate surface area is 192 Å². The smallest absolute Gasteiger partial charge is 0.326 e. The molecule has 0 aliphatic heterocycles. The lowest BCUT2D eigenvalue weighted by molar-refractivity contribution is -0.141. The van der Waals surface area contributed by atoms with Crippen LogP contribution in [0.2, 0.25) is 0 Å². The number of rotatable bonds is 8. The van der Waals surface area contributed by atoms with Gasteiger partial charge >= 0.3 is 5.97 Å². The molecule has 4 aromatic rings.